The lowest BCUT2D eigenvalue weighted by atomic mass is 10.1. The highest BCUT2D eigenvalue weighted by Gasteiger charge is 2.14. The van der Waals surface area contributed by atoms with E-state index in [1.807, 2.05) is 20.8 Å². The topological polar surface area (TPSA) is 93.4 Å². The molecule has 0 spiro atoms. The van der Waals surface area contributed by atoms with Crippen LogP contribution in [0.4, 0.5) is 11.4 Å². The first-order chi connectivity index (χ1) is 9.23. The van der Waals surface area contributed by atoms with Crippen molar-refractivity contribution in [2.45, 2.75) is 26.3 Å². The van der Waals surface area contributed by atoms with Crippen LogP contribution in [-0.2, 0) is 9.53 Å². The predicted octanol–water partition coefficient (Wildman–Crippen LogP) is 1.38. The zero-order valence-electron chi connectivity index (χ0n) is 12.2. The van der Waals surface area contributed by atoms with E-state index in [0.29, 0.717) is 16.9 Å². The fraction of sp³-hybridized carbons (Fsp3) is 0.429. The van der Waals surface area contributed by atoms with E-state index < -0.39 is 5.97 Å². The van der Waals surface area contributed by atoms with Gasteiger partial charge in [0.05, 0.1) is 30.6 Å². The molecule has 0 aromatic heterocycles. The lowest BCUT2D eigenvalue weighted by Crippen LogP contribution is -2.43. The van der Waals surface area contributed by atoms with Crippen LogP contribution in [0.1, 0.15) is 31.1 Å². The Labute approximate surface area is 118 Å². The Kier molecular flexibility index (Phi) is 4.96. The average molecular weight is 279 g/mol. The van der Waals surface area contributed by atoms with Crippen LogP contribution < -0.4 is 16.4 Å². The molecule has 1 aromatic rings. The molecule has 0 unspecified atom stereocenters. The van der Waals surface area contributed by atoms with Gasteiger partial charge in [-0.3, -0.25) is 4.79 Å². The molecule has 1 rings (SSSR count). The second-order valence-corrected chi connectivity index (χ2v) is 5.45. The maximum atomic E-state index is 11.7. The number of ether oxygens (including phenoxy) is 1. The number of methoxy groups -OCH3 is 1. The molecule has 1 amide bonds. The minimum Gasteiger partial charge on any atom is -0.465 e. The first-order valence-corrected chi connectivity index (χ1v) is 6.25. The van der Waals surface area contributed by atoms with Gasteiger partial charge in [0.15, 0.2) is 0 Å². The quantitative estimate of drug-likeness (QED) is 0.572. The molecule has 110 valence electrons. The van der Waals surface area contributed by atoms with Gasteiger partial charge in [0.25, 0.3) is 0 Å². The summed E-state index contributed by atoms with van der Waals surface area (Å²) < 4.78 is 4.64. The maximum Gasteiger partial charge on any atom is 0.337 e. The lowest BCUT2D eigenvalue weighted by Gasteiger charge is -2.21. The number of nitrogen functional groups attached to an aromatic ring is 1. The van der Waals surface area contributed by atoms with Crippen molar-refractivity contribution in [3.8, 4) is 0 Å². The summed E-state index contributed by atoms with van der Waals surface area (Å²) in [5.41, 5.74) is 6.86. The number of rotatable bonds is 4. The normalized spacial score (nSPS) is 10.8. The van der Waals surface area contributed by atoms with Gasteiger partial charge in [-0.25, -0.2) is 4.79 Å². The number of esters is 1. The van der Waals surface area contributed by atoms with E-state index in [2.05, 4.69) is 15.4 Å². The summed E-state index contributed by atoms with van der Waals surface area (Å²) in [4.78, 5) is 23.1. The molecule has 0 bridgehead atoms. The third kappa shape index (κ3) is 4.79. The molecule has 0 fully saturated rings. The van der Waals surface area contributed by atoms with Crippen molar-refractivity contribution in [2.75, 3.05) is 24.7 Å². The van der Waals surface area contributed by atoms with E-state index in [1.54, 1.807) is 18.2 Å². The van der Waals surface area contributed by atoms with Crippen LogP contribution in [0.25, 0.3) is 0 Å². The van der Waals surface area contributed by atoms with Gasteiger partial charge in [-0.1, -0.05) is 0 Å². The monoisotopic (exact) mass is 279 g/mol. The number of hydrogen-bond acceptors (Lipinski definition) is 5. The van der Waals surface area contributed by atoms with Gasteiger partial charge in [-0.15, -0.1) is 0 Å². The number of carbonyl (C=O) groups is 2. The Morgan fingerprint density at radius 1 is 1.30 bits per heavy atom. The highest BCUT2D eigenvalue weighted by molar-refractivity contribution is 5.92. The summed E-state index contributed by atoms with van der Waals surface area (Å²) >= 11 is 0. The number of benzene rings is 1. The van der Waals surface area contributed by atoms with Gasteiger partial charge < -0.3 is 21.1 Å². The van der Waals surface area contributed by atoms with E-state index in [1.165, 1.54) is 7.11 Å². The fourth-order valence-electron chi connectivity index (χ4n) is 1.59. The van der Waals surface area contributed by atoms with Crippen LogP contribution in [0.5, 0.6) is 0 Å². The number of hydrogen-bond donors (Lipinski definition) is 3. The number of carbonyl (C=O) groups excluding carboxylic acids is 2. The third-order valence-electron chi connectivity index (χ3n) is 2.43. The van der Waals surface area contributed by atoms with Crippen LogP contribution in [0.2, 0.25) is 0 Å². The summed E-state index contributed by atoms with van der Waals surface area (Å²) in [7, 11) is 1.31. The lowest BCUT2D eigenvalue weighted by molar-refractivity contribution is -0.120. The summed E-state index contributed by atoms with van der Waals surface area (Å²) in [6.45, 7) is 5.78. The molecule has 0 aliphatic heterocycles. The molecule has 4 N–H and O–H groups in total. The van der Waals surface area contributed by atoms with Crippen molar-refractivity contribution >= 4 is 23.3 Å². The fourth-order valence-corrected chi connectivity index (χ4v) is 1.59. The van der Waals surface area contributed by atoms with Crippen molar-refractivity contribution in [1.82, 2.24) is 5.32 Å². The number of nitrogens with one attached hydrogen (secondary N) is 2. The Morgan fingerprint density at radius 3 is 2.50 bits per heavy atom. The standard InChI is InChI=1S/C14H21N3O3/c1-14(2,3)17-12(18)8-16-11-7-9(13(19)20-4)5-6-10(11)15/h5-7,16H,8,15H2,1-4H3,(H,17,18). The maximum absolute atomic E-state index is 11.7. The molecule has 0 heterocycles. The number of nitrogens with two attached hydrogens (primary N) is 1. The van der Waals surface area contributed by atoms with Crippen molar-refractivity contribution in [1.29, 1.82) is 0 Å². The molecule has 20 heavy (non-hydrogen) atoms. The van der Waals surface area contributed by atoms with Gasteiger partial charge >= 0.3 is 5.97 Å². The summed E-state index contributed by atoms with van der Waals surface area (Å²) in [5, 5.41) is 5.73. The summed E-state index contributed by atoms with van der Waals surface area (Å²) in [5.74, 6) is -0.604. The second kappa shape index (κ2) is 6.27. The molecule has 0 atom stereocenters. The Balaban J connectivity index is 2.72. The molecule has 6 heteroatoms. The van der Waals surface area contributed by atoms with E-state index in [4.69, 9.17) is 5.73 Å². The summed E-state index contributed by atoms with van der Waals surface area (Å²) in [6.07, 6.45) is 0. The molecule has 1 aromatic carbocycles. The average Bonchev–Trinajstić information content (AvgIpc) is 2.34. The van der Waals surface area contributed by atoms with Gasteiger partial charge in [0.1, 0.15) is 0 Å². The molecule has 0 aliphatic carbocycles. The van der Waals surface area contributed by atoms with Crippen LogP contribution in [0.3, 0.4) is 0 Å². The van der Waals surface area contributed by atoms with Crippen molar-refractivity contribution in [2.24, 2.45) is 0 Å². The van der Waals surface area contributed by atoms with E-state index in [9.17, 15) is 9.59 Å². The van der Waals surface area contributed by atoms with Gasteiger partial charge in [0, 0.05) is 5.54 Å². The van der Waals surface area contributed by atoms with Gasteiger partial charge in [0.2, 0.25) is 5.91 Å². The Hall–Kier alpha value is -2.24. The van der Waals surface area contributed by atoms with Crippen molar-refractivity contribution in [3.63, 3.8) is 0 Å². The number of anilines is 2. The summed E-state index contributed by atoms with van der Waals surface area (Å²) in [6, 6.07) is 4.73. The molecular weight excluding hydrogens is 258 g/mol. The van der Waals surface area contributed by atoms with E-state index in [-0.39, 0.29) is 18.0 Å². The Morgan fingerprint density at radius 2 is 1.95 bits per heavy atom. The first kappa shape index (κ1) is 15.8. The smallest absolute Gasteiger partial charge is 0.337 e. The van der Waals surface area contributed by atoms with Crippen LogP contribution >= 0.6 is 0 Å². The zero-order valence-corrected chi connectivity index (χ0v) is 12.2. The largest absolute Gasteiger partial charge is 0.465 e. The van der Waals surface area contributed by atoms with Gasteiger partial charge in [-0.05, 0) is 39.0 Å². The molecule has 0 saturated carbocycles. The molecule has 6 nitrogen and oxygen atoms in total. The molecule has 0 aliphatic rings. The highest BCUT2D eigenvalue weighted by atomic mass is 16.5. The number of amides is 1. The first-order valence-electron chi connectivity index (χ1n) is 6.25. The SMILES string of the molecule is COC(=O)c1ccc(N)c(NCC(=O)NC(C)(C)C)c1. The van der Waals surface area contributed by atoms with E-state index >= 15 is 0 Å². The van der Waals surface area contributed by atoms with Crippen LogP contribution in [-0.4, -0.2) is 31.1 Å². The third-order valence-corrected chi connectivity index (χ3v) is 2.43. The van der Waals surface area contributed by atoms with Crippen molar-refractivity contribution in [3.05, 3.63) is 23.8 Å². The Bertz CT molecular complexity index is 507. The zero-order chi connectivity index (χ0) is 15.3. The van der Waals surface area contributed by atoms with Crippen LogP contribution in [0.15, 0.2) is 18.2 Å². The van der Waals surface area contributed by atoms with Crippen LogP contribution in [0, 0.1) is 0 Å². The molecule has 0 radical (unpaired) electrons. The molecular formula is C14H21N3O3. The molecule has 0 saturated heterocycles. The van der Waals surface area contributed by atoms with Crippen molar-refractivity contribution < 1.29 is 14.3 Å². The predicted molar refractivity (Wildman–Crippen MR) is 78.6 cm³/mol. The highest BCUT2D eigenvalue weighted by Crippen LogP contribution is 2.20. The minimum absolute atomic E-state index is 0.0755. The second-order valence-electron chi connectivity index (χ2n) is 5.45. The van der Waals surface area contributed by atoms with E-state index in [0.717, 1.165) is 0 Å². The van der Waals surface area contributed by atoms with Gasteiger partial charge in [-0.2, -0.15) is 0 Å². The minimum atomic E-state index is -0.452.